The summed E-state index contributed by atoms with van der Waals surface area (Å²) >= 11 is 0.940. The van der Waals surface area contributed by atoms with Crippen LogP contribution in [-0.2, 0) is 23.1 Å². The van der Waals surface area contributed by atoms with Crippen LogP contribution in [0.1, 0.15) is 27.8 Å². The highest BCUT2D eigenvalue weighted by atomic mass is 32.2. The molecule has 7 nitrogen and oxygen atoms in total. The van der Waals surface area contributed by atoms with E-state index in [1.54, 1.807) is 25.1 Å². The van der Waals surface area contributed by atoms with Crippen LogP contribution < -0.4 is 5.56 Å². The predicted octanol–water partition coefficient (Wildman–Crippen LogP) is 4.99. The zero-order chi connectivity index (χ0) is 25.6. The summed E-state index contributed by atoms with van der Waals surface area (Å²) in [5.74, 6) is -0.418. The van der Waals surface area contributed by atoms with Gasteiger partial charge in [-0.15, -0.1) is 0 Å². The first-order chi connectivity index (χ1) is 17.1. The molecular weight excluding hydrogens is 499 g/mol. The van der Waals surface area contributed by atoms with Crippen molar-refractivity contribution in [1.29, 1.82) is 0 Å². The second kappa shape index (κ2) is 9.20. The van der Waals surface area contributed by atoms with Gasteiger partial charge in [0.25, 0.3) is 5.56 Å². The zero-order valence-electron chi connectivity index (χ0n) is 19.9. The van der Waals surface area contributed by atoms with E-state index < -0.39 is 15.8 Å². The molecule has 0 bridgehead atoms. The molecule has 0 spiro atoms. The molecule has 0 fully saturated rings. The fourth-order valence-electron chi connectivity index (χ4n) is 4.23. The van der Waals surface area contributed by atoms with E-state index >= 15 is 0 Å². The van der Waals surface area contributed by atoms with Crippen molar-refractivity contribution in [2.45, 2.75) is 38.8 Å². The van der Waals surface area contributed by atoms with Gasteiger partial charge in [0.2, 0.25) is 10.0 Å². The van der Waals surface area contributed by atoms with Crippen molar-refractivity contribution in [3.05, 3.63) is 98.6 Å². The van der Waals surface area contributed by atoms with Crippen LogP contribution in [0.15, 0.2) is 64.3 Å². The van der Waals surface area contributed by atoms with Gasteiger partial charge in [0.1, 0.15) is 21.7 Å². The molecule has 0 atom stereocenters. The summed E-state index contributed by atoms with van der Waals surface area (Å²) in [7, 11) is -4.13. The van der Waals surface area contributed by atoms with Gasteiger partial charge < -0.3 is 4.98 Å². The average Bonchev–Trinajstić information content (AvgIpc) is 3.30. The number of aromatic nitrogens is 3. The largest absolute Gasteiger partial charge is 0.322 e. The number of rotatable bonds is 6. The summed E-state index contributed by atoms with van der Waals surface area (Å²) in [6.45, 7) is 5.42. The molecule has 0 amide bonds. The molecule has 5 rings (SSSR count). The van der Waals surface area contributed by atoms with E-state index in [4.69, 9.17) is 0 Å². The van der Waals surface area contributed by atoms with Gasteiger partial charge in [0.05, 0.1) is 11.7 Å². The molecule has 2 aromatic heterocycles. The number of halogens is 1. The topological polar surface area (TPSA) is 96.0 Å². The van der Waals surface area contributed by atoms with E-state index in [-0.39, 0.29) is 23.5 Å². The third-order valence-electron chi connectivity index (χ3n) is 6.33. The predicted molar refractivity (Wildman–Crippen MR) is 139 cm³/mol. The molecule has 0 saturated heterocycles. The van der Waals surface area contributed by atoms with Crippen LogP contribution >= 0.6 is 11.7 Å². The lowest BCUT2D eigenvalue weighted by Gasteiger charge is -2.23. The van der Waals surface area contributed by atoms with E-state index in [0.29, 0.717) is 33.2 Å². The number of H-pyrrole nitrogens is 1. The smallest absolute Gasteiger partial charge is 0.252 e. The number of sulfonamides is 1. The van der Waals surface area contributed by atoms with Crippen LogP contribution in [0.5, 0.6) is 0 Å². The minimum Gasteiger partial charge on any atom is -0.322 e. The molecule has 5 aromatic rings. The first-order valence-electron chi connectivity index (χ1n) is 11.2. The van der Waals surface area contributed by atoms with Crippen LogP contribution in [0.25, 0.3) is 21.9 Å². The number of pyridine rings is 1. The highest BCUT2D eigenvalue weighted by Crippen LogP contribution is 2.30. The molecule has 0 aliphatic rings. The molecule has 0 unspecified atom stereocenters. The van der Waals surface area contributed by atoms with Crippen LogP contribution in [0, 0.1) is 26.6 Å². The van der Waals surface area contributed by atoms with Crippen molar-refractivity contribution in [2.75, 3.05) is 0 Å². The van der Waals surface area contributed by atoms with Crippen molar-refractivity contribution in [3.63, 3.8) is 0 Å². The van der Waals surface area contributed by atoms with Gasteiger partial charge in [0, 0.05) is 24.2 Å². The van der Waals surface area contributed by atoms with Gasteiger partial charge in [-0.2, -0.15) is 13.1 Å². The first-order valence-corrected chi connectivity index (χ1v) is 13.4. The minimum atomic E-state index is -4.13. The Morgan fingerprint density at radius 1 is 0.917 bits per heavy atom. The standard InChI is InChI=1S/C26H23FN4O3S2/c1-15-4-9-22-24(30-35-29-22)25(15)36(33,34)31(13-18-5-7-21(27)8-6-18)14-20-12-19-10-16(2)17(3)11-23(19)28-26(20)32/h4-12H,13-14H2,1-3H3,(H,28,32). The first kappa shape index (κ1) is 24.2. The minimum absolute atomic E-state index is 0.0551. The van der Waals surface area contributed by atoms with E-state index in [2.05, 4.69) is 13.7 Å². The van der Waals surface area contributed by atoms with Crippen LogP contribution in [0.3, 0.4) is 0 Å². The molecule has 0 radical (unpaired) electrons. The quantitative estimate of drug-likeness (QED) is 0.339. The molecule has 3 aromatic carbocycles. The lowest BCUT2D eigenvalue weighted by Crippen LogP contribution is -2.33. The molecule has 10 heteroatoms. The number of aryl methyl sites for hydroxylation is 3. The maximum Gasteiger partial charge on any atom is 0.252 e. The van der Waals surface area contributed by atoms with Gasteiger partial charge in [-0.3, -0.25) is 4.79 Å². The second-order valence-electron chi connectivity index (χ2n) is 8.89. The Balaban J connectivity index is 1.65. The van der Waals surface area contributed by atoms with Crippen LogP contribution in [0.4, 0.5) is 4.39 Å². The monoisotopic (exact) mass is 522 g/mol. The van der Waals surface area contributed by atoms with Crippen molar-refractivity contribution in [2.24, 2.45) is 0 Å². The number of nitrogens with one attached hydrogen (secondary N) is 1. The van der Waals surface area contributed by atoms with Crippen molar-refractivity contribution in [3.8, 4) is 0 Å². The highest BCUT2D eigenvalue weighted by molar-refractivity contribution is 7.89. The van der Waals surface area contributed by atoms with E-state index in [1.807, 2.05) is 26.0 Å². The van der Waals surface area contributed by atoms with Gasteiger partial charge in [0.15, 0.2) is 0 Å². The molecule has 0 saturated carbocycles. The lowest BCUT2D eigenvalue weighted by molar-refractivity contribution is 0.400. The second-order valence-corrected chi connectivity index (χ2v) is 11.3. The summed E-state index contributed by atoms with van der Waals surface area (Å²) in [6, 6.07) is 14.7. The maximum absolute atomic E-state index is 14.1. The highest BCUT2D eigenvalue weighted by Gasteiger charge is 2.30. The number of benzene rings is 3. The lowest BCUT2D eigenvalue weighted by atomic mass is 10.0. The maximum atomic E-state index is 14.1. The summed E-state index contributed by atoms with van der Waals surface area (Å²) in [5, 5.41) is 0.814. The van der Waals surface area contributed by atoms with Gasteiger partial charge >= 0.3 is 0 Å². The van der Waals surface area contributed by atoms with Crippen LogP contribution in [0.2, 0.25) is 0 Å². The van der Waals surface area contributed by atoms with Crippen LogP contribution in [-0.4, -0.2) is 26.5 Å². The summed E-state index contributed by atoms with van der Waals surface area (Å²) in [6.07, 6.45) is 0. The van der Waals surface area contributed by atoms with Crippen molar-refractivity contribution < 1.29 is 12.8 Å². The fraction of sp³-hybridized carbons (Fsp3) is 0.192. The molecule has 184 valence electrons. The molecule has 1 N–H and O–H groups in total. The van der Waals surface area contributed by atoms with E-state index in [1.165, 1.54) is 28.6 Å². The number of fused-ring (bicyclic) bond motifs is 2. The molecule has 0 aliphatic heterocycles. The van der Waals surface area contributed by atoms with Crippen molar-refractivity contribution >= 4 is 43.7 Å². The normalized spacial score (nSPS) is 12.1. The number of aromatic amines is 1. The Kier molecular flexibility index (Phi) is 6.19. The van der Waals surface area contributed by atoms with Gasteiger partial charge in [-0.25, -0.2) is 12.8 Å². The summed E-state index contributed by atoms with van der Waals surface area (Å²) in [4.78, 5) is 16.0. The summed E-state index contributed by atoms with van der Waals surface area (Å²) in [5.41, 5.74) is 4.63. The molecule has 0 aliphatic carbocycles. The SMILES string of the molecule is Cc1cc2cc(CN(Cc3ccc(F)cc3)S(=O)(=O)c3c(C)ccc4nsnc34)c(=O)[nH]c2cc1C. The number of hydrogen-bond acceptors (Lipinski definition) is 6. The zero-order valence-corrected chi connectivity index (χ0v) is 21.5. The third-order valence-corrected chi connectivity index (χ3v) is 8.84. The van der Waals surface area contributed by atoms with E-state index in [0.717, 1.165) is 28.2 Å². The Hall–Kier alpha value is -3.47. The Morgan fingerprint density at radius 3 is 2.39 bits per heavy atom. The number of hydrogen-bond donors (Lipinski definition) is 1. The van der Waals surface area contributed by atoms with E-state index in [9.17, 15) is 17.6 Å². The average molecular weight is 523 g/mol. The molecular formula is C26H23FN4O3S2. The molecule has 36 heavy (non-hydrogen) atoms. The fourth-order valence-corrected chi connectivity index (χ4v) is 6.59. The molecule has 2 heterocycles. The van der Waals surface area contributed by atoms with Crippen molar-refractivity contribution in [1.82, 2.24) is 18.0 Å². The summed E-state index contributed by atoms with van der Waals surface area (Å²) < 4.78 is 51.4. The Morgan fingerprint density at radius 2 is 1.64 bits per heavy atom. The van der Waals surface area contributed by atoms with Gasteiger partial charge in [-0.05, 0) is 84.8 Å². The Bertz CT molecular complexity index is 1780. The number of nitrogens with zero attached hydrogens (tertiary/aromatic N) is 3. The Labute approximate surface area is 211 Å². The third kappa shape index (κ3) is 4.43. The van der Waals surface area contributed by atoms with Gasteiger partial charge in [-0.1, -0.05) is 18.2 Å².